The van der Waals surface area contributed by atoms with Gasteiger partial charge >= 0.3 is 0 Å². The Morgan fingerprint density at radius 3 is 3.00 bits per heavy atom. The summed E-state index contributed by atoms with van der Waals surface area (Å²) < 4.78 is 35.2. The standard InChI is InChI=1S/C9H14F2O2/c1-2-8(10)9(11)3-4-12-5-7-6-13-7/h3,7-8H,2,4-6H2,1H3/b9-3+. The summed E-state index contributed by atoms with van der Waals surface area (Å²) >= 11 is 0. The molecule has 1 rings (SSSR count). The Labute approximate surface area is 76.5 Å². The molecule has 0 N–H and O–H groups in total. The second-order valence-corrected chi connectivity index (χ2v) is 2.96. The highest BCUT2D eigenvalue weighted by molar-refractivity contribution is 4.98. The molecule has 0 radical (unpaired) electrons. The van der Waals surface area contributed by atoms with Gasteiger partial charge in [0, 0.05) is 0 Å². The molecular formula is C9H14F2O2. The summed E-state index contributed by atoms with van der Waals surface area (Å²) in [5, 5.41) is 0. The van der Waals surface area contributed by atoms with E-state index in [1.807, 2.05) is 0 Å². The normalized spacial score (nSPS) is 24.5. The van der Waals surface area contributed by atoms with Crippen molar-refractivity contribution in [2.45, 2.75) is 25.6 Å². The molecule has 0 saturated carbocycles. The summed E-state index contributed by atoms with van der Waals surface area (Å²) in [5.74, 6) is -0.737. The average Bonchev–Trinajstić information content (AvgIpc) is 2.94. The van der Waals surface area contributed by atoms with Crippen LogP contribution in [0.15, 0.2) is 11.9 Å². The zero-order chi connectivity index (χ0) is 9.68. The van der Waals surface area contributed by atoms with Crippen LogP contribution in [0, 0.1) is 0 Å². The maximum atomic E-state index is 12.7. The molecule has 1 aliphatic heterocycles. The van der Waals surface area contributed by atoms with Crippen molar-refractivity contribution in [2.24, 2.45) is 0 Å². The van der Waals surface area contributed by atoms with Gasteiger partial charge in [-0.3, -0.25) is 0 Å². The monoisotopic (exact) mass is 192 g/mol. The second-order valence-electron chi connectivity index (χ2n) is 2.96. The Bertz CT molecular complexity index is 178. The maximum Gasteiger partial charge on any atom is 0.151 e. The van der Waals surface area contributed by atoms with Crippen LogP contribution in [0.1, 0.15) is 13.3 Å². The van der Waals surface area contributed by atoms with Gasteiger partial charge in [0.05, 0.1) is 19.8 Å². The zero-order valence-electron chi connectivity index (χ0n) is 7.63. The van der Waals surface area contributed by atoms with Gasteiger partial charge in [0.2, 0.25) is 0 Å². The van der Waals surface area contributed by atoms with E-state index < -0.39 is 12.0 Å². The van der Waals surface area contributed by atoms with Gasteiger partial charge in [-0.25, -0.2) is 8.78 Å². The first-order valence-electron chi connectivity index (χ1n) is 4.43. The van der Waals surface area contributed by atoms with Crippen LogP contribution in [0.2, 0.25) is 0 Å². The summed E-state index contributed by atoms with van der Waals surface area (Å²) in [6.07, 6.45) is -0.0190. The van der Waals surface area contributed by atoms with Crippen molar-refractivity contribution in [3.05, 3.63) is 11.9 Å². The molecule has 0 aromatic heterocycles. The van der Waals surface area contributed by atoms with Crippen LogP contribution < -0.4 is 0 Å². The molecule has 2 unspecified atom stereocenters. The zero-order valence-corrected chi connectivity index (χ0v) is 7.63. The third-order valence-corrected chi connectivity index (χ3v) is 1.76. The molecule has 0 bridgehead atoms. The predicted octanol–water partition coefficient (Wildman–Crippen LogP) is 2.00. The first kappa shape index (κ1) is 10.6. The molecule has 0 spiro atoms. The van der Waals surface area contributed by atoms with Crippen molar-refractivity contribution in [3.63, 3.8) is 0 Å². The molecule has 2 nitrogen and oxygen atoms in total. The first-order valence-corrected chi connectivity index (χ1v) is 4.43. The average molecular weight is 192 g/mol. The first-order chi connectivity index (χ1) is 6.24. The Kier molecular flexibility index (Phi) is 4.32. The van der Waals surface area contributed by atoms with Gasteiger partial charge in [-0.2, -0.15) is 0 Å². The quantitative estimate of drug-likeness (QED) is 0.474. The summed E-state index contributed by atoms with van der Waals surface area (Å²) in [4.78, 5) is 0. The molecule has 0 aliphatic carbocycles. The van der Waals surface area contributed by atoms with E-state index in [-0.39, 0.29) is 19.1 Å². The molecule has 2 atom stereocenters. The Hall–Kier alpha value is -0.480. The minimum atomic E-state index is -1.49. The second kappa shape index (κ2) is 5.29. The van der Waals surface area contributed by atoms with Crippen LogP contribution in [0.3, 0.4) is 0 Å². The van der Waals surface area contributed by atoms with Crippen molar-refractivity contribution >= 4 is 0 Å². The van der Waals surface area contributed by atoms with Crippen LogP contribution in [0.4, 0.5) is 8.78 Å². The predicted molar refractivity (Wildman–Crippen MR) is 44.9 cm³/mol. The molecule has 1 saturated heterocycles. The highest BCUT2D eigenvalue weighted by Crippen LogP contribution is 2.12. The fourth-order valence-corrected chi connectivity index (χ4v) is 0.825. The number of ether oxygens (including phenoxy) is 2. The van der Waals surface area contributed by atoms with Gasteiger partial charge in [-0.15, -0.1) is 0 Å². The number of halogens is 2. The van der Waals surface area contributed by atoms with Crippen LogP contribution in [0.5, 0.6) is 0 Å². The molecule has 0 aromatic rings. The highest BCUT2D eigenvalue weighted by atomic mass is 19.2. The number of alkyl halides is 1. The summed E-state index contributed by atoms with van der Waals surface area (Å²) in [6, 6.07) is 0. The summed E-state index contributed by atoms with van der Waals surface area (Å²) in [5.41, 5.74) is 0. The molecule has 76 valence electrons. The van der Waals surface area contributed by atoms with E-state index >= 15 is 0 Å². The molecule has 0 aromatic carbocycles. The molecular weight excluding hydrogens is 178 g/mol. The van der Waals surface area contributed by atoms with Crippen LogP contribution in [-0.4, -0.2) is 32.1 Å². The van der Waals surface area contributed by atoms with Gasteiger partial charge in [0.25, 0.3) is 0 Å². The Morgan fingerprint density at radius 2 is 2.46 bits per heavy atom. The third kappa shape index (κ3) is 4.33. The SMILES string of the molecule is CCC(F)/C(F)=C\COCC1CO1. The molecule has 13 heavy (non-hydrogen) atoms. The minimum Gasteiger partial charge on any atom is -0.375 e. The highest BCUT2D eigenvalue weighted by Gasteiger charge is 2.21. The Balaban J connectivity index is 2.06. The lowest BCUT2D eigenvalue weighted by atomic mass is 10.2. The lowest BCUT2D eigenvalue weighted by Crippen LogP contribution is -2.03. The minimum absolute atomic E-state index is 0.117. The number of hydrogen-bond donors (Lipinski definition) is 0. The molecule has 1 aliphatic rings. The molecule has 1 heterocycles. The van der Waals surface area contributed by atoms with Crippen molar-refractivity contribution in [2.75, 3.05) is 19.8 Å². The van der Waals surface area contributed by atoms with E-state index in [4.69, 9.17) is 9.47 Å². The largest absolute Gasteiger partial charge is 0.375 e. The number of allylic oxidation sites excluding steroid dienone is 1. The van der Waals surface area contributed by atoms with Gasteiger partial charge in [-0.1, -0.05) is 6.92 Å². The van der Waals surface area contributed by atoms with E-state index in [1.54, 1.807) is 6.92 Å². The van der Waals surface area contributed by atoms with Gasteiger partial charge in [0.15, 0.2) is 6.17 Å². The van der Waals surface area contributed by atoms with E-state index in [2.05, 4.69) is 0 Å². The van der Waals surface area contributed by atoms with E-state index in [0.29, 0.717) is 13.2 Å². The number of rotatable bonds is 6. The topological polar surface area (TPSA) is 21.8 Å². The number of epoxide rings is 1. The van der Waals surface area contributed by atoms with Gasteiger partial charge in [-0.05, 0) is 12.5 Å². The smallest absolute Gasteiger partial charge is 0.151 e. The van der Waals surface area contributed by atoms with Crippen molar-refractivity contribution < 1.29 is 18.3 Å². The van der Waals surface area contributed by atoms with Crippen molar-refractivity contribution in [1.29, 1.82) is 0 Å². The van der Waals surface area contributed by atoms with Crippen LogP contribution in [0.25, 0.3) is 0 Å². The molecule has 1 fully saturated rings. The fraction of sp³-hybridized carbons (Fsp3) is 0.778. The number of hydrogen-bond acceptors (Lipinski definition) is 2. The molecule has 0 amide bonds. The summed E-state index contributed by atoms with van der Waals surface area (Å²) in [6.45, 7) is 2.89. The van der Waals surface area contributed by atoms with Gasteiger partial charge < -0.3 is 9.47 Å². The van der Waals surface area contributed by atoms with E-state index in [1.165, 1.54) is 0 Å². The van der Waals surface area contributed by atoms with Crippen molar-refractivity contribution in [3.8, 4) is 0 Å². The lowest BCUT2D eigenvalue weighted by Gasteiger charge is -2.01. The van der Waals surface area contributed by atoms with E-state index in [9.17, 15) is 8.78 Å². The van der Waals surface area contributed by atoms with Crippen molar-refractivity contribution in [1.82, 2.24) is 0 Å². The van der Waals surface area contributed by atoms with E-state index in [0.717, 1.165) is 6.08 Å². The third-order valence-electron chi connectivity index (χ3n) is 1.76. The van der Waals surface area contributed by atoms with Crippen LogP contribution in [-0.2, 0) is 9.47 Å². The Morgan fingerprint density at radius 1 is 1.77 bits per heavy atom. The lowest BCUT2D eigenvalue weighted by molar-refractivity contribution is 0.138. The fourth-order valence-electron chi connectivity index (χ4n) is 0.825. The van der Waals surface area contributed by atoms with Crippen LogP contribution >= 0.6 is 0 Å². The maximum absolute atomic E-state index is 12.7. The van der Waals surface area contributed by atoms with Gasteiger partial charge in [0.1, 0.15) is 11.9 Å². The summed E-state index contributed by atoms with van der Waals surface area (Å²) in [7, 11) is 0. The molecule has 4 heteroatoms.